The summed E-state index contributed by atoms with van der Waals surface area (Å²) in [5.41, 5.74) is 0.338. The van der Waals surface area contributed by atoms with Crippen LogP contribution < -0.4 is 0 Å². The Balaban J connectivity index is 2.13. The van der Waals surface area contributed by atoms with Gasteiger partial charge in [-0.2, -0.15) is 0 Å². The summed E-state index contributed by atoms with van der Waals surface area (Å²) in [6.07, 6.45) is 4.50. The minimum atomic E-state index is -1.08. The molecule has 1 atom stereocenters. The Morgan fingerprint density at radius 1 is 1.45 bits per heavy atom. The molecule has 1 N–H and O–H groups in total. The smallest absolute Gasteiger partial charge is 0.337 e. The second-order valence-electron chi connectivity index (χ2n) is 4.72. The highest BCUT2D eigenvalue weighted by Crippen LogP contribution is 2.20. The van der Waals surface area contributed by atoms with E-state index in [1.54, 1.807) is 4.90 Å². The molecule has 2 heterocycles. The molecule has 6 heteroatoms. The number of aromatic nitrogens is 1. The van der Waals surface area contributed by atoms with Crippen LogP contribution >= 0.6 is 0 Å². The van der Waals surface area contributed by atoms with Crippen LogP contribution in [0.1, 0.15) is 40.5 Å². The highest BCUT2D eigenvalue weighted by Gasteiger charge is 2.29. The van der Waals surface area contributed by atoms with Crippen LogP contribution in [0.5, 0.6) is 0 Å². The lowest BCUT2D eigenvalue weighted by Crippen LogP contribution is -2.38. The van der Waals surface area contributed by atoms with Crippen molar-refractivity contribution in [2.45, 2.75) is 25.8 Å². The molecule has 6 nitrogen and oxygen atoms in total. The Kier molecular flexibility index (Phi) is 4.68. The number of pyridine rings is 1. The third-order valence-electron chi connectivity index (χ3n) is 3.38. The number of likely N-dealkylation sites (tertiary alicyclic amines) is 1. The molecule has 1 saturated heterocycles. The SMILES string of the molecule is CCOCC1CCCN1C(=O)c1cncc(C(=O)O)c1. The van der Waals surface area contributed by atoms with Crippen molar-refractivity contribution in [1.82, 2.24) is 9.88 Å². The maximum absolute atomic E-state index is 12.4. The van der Waals surface area contributed by atoms with Crippen LogP contribution in [0.15, 0.2) is 18.5 Å². The summed E-state index contributed by atoms with van der Waals surface area (Å²) in [5.74, 6) is -1.26. The van der Waals surface area contributed by atoms with Crippen molar-refractivity contribution in [3.63, 3.8) is 0 Å². The summed E-state index contributed by atoms with van der Waals surface area (Å²) in [4.78, 5) is 28.9. The molecule has 1 fully saturated rings. The first kappa shape index (κ1) is 14.5. The maximum atomic E-state index is 12.4. The van der Waals surface area contributed by atoms with E-state index in [4.69, 9.17) is 9.84 Å². The summed E-state index contributed by atoms with van der Waals surface area (Å²) in [6, 6.07) is 1.43. The van der Waals surface area contributed by atoms with E-state index < -0.39 is 5.97 Å². The van der Waals surface area contributed by atoms with Crippen molar-refractivity contribution >= 4 is 11.9 Å². The van der Waals surface area contributed by atoms with Crippen molar-refractivity contribution in [3.05, 3.63) is 29.6 Å². The van der Waals surface area contributed by atoms with Crippen LogP contribution in [0.3, 0.4) is 0 Å². The lowest BCUT2D eigenvalue weighted by atomic mass is 10.1. The van der Waals surface area contributed by atoms with Gasteiger partial charge in [-0.15, -0.1) is 0 Å². The largest absolute Gasteiger partial charge is 0.478 e. The van der Waals surface area contributed by atoms with E-state index in [2.05, 4.69) is 4.98 Å². The highest BCUT2D eigenvalue weighted by atomic mass is 16.5. The first-order valence-corrected chi connectivity index (χ1v) is 6.70. The number of carboxylic acids is 1. The van der Waals surface area contributed by atoms with Crippen molar-refractivity contribution in [2.75, 3.05) is 19.8 Å². The minimum absolute atomic E-state index is 0.0244. The summed E-state index contributed by atoms with van der Waals surface area (Å²) in [5, 5.41) is 8.94. The monoisotopic (exact) mass is 278 g/mol. The van der Waals surface area contributed by atoms with Crippen molar-refractivity contribution in [1.29, 1.82) is 0 Å². The van der Waals surface area contributed by atoms with Gasteiger partial charge in [-0.25, -0.2) is 4.79 Å². The predicted octanol–water partition coefficient (Wildman–Crippen LogP) is 1.42. The van der Waals surface area contributed by atoms with Crippen LogP contribution in [0, 0.1) is 0 Å². The fraction of sp³-hybridized carbons (Fsp3) is 0.500. The zero-order valence-corrected chi connectivity index (χ0v) is 11.4. The topological polar surface area (TPSA) is 79.7 Å². The molecule has 1 aromatic rings. The molecule has 0 radical (unpaired) electrons. The fourth-order valence-corrected chi connectivity index (χ4v) is 2.37. The summed E-state index contributed by atoms with van der Waals surface area (Å²) in [6.45, 7) is 3.73. The molecule has 0 bridgehead atoms. The van der Waals surface area contributed by atoms with Crippen molar-refractivity contribution in [3.8, 4) is 0 Å². The van der Waals surface area contributed by atoms with Gasteiger partial charge in [-0.1, -0.05) is 0 Å². The number of aromatic carboxylic acids is 1. The number of carboxylic acid groups (broad SMARTS) is 1. The Labute approximate surface area is 117 Å². The van der Waals surface area contributed by atoms with E-state index in [1.807, 2.05) is 6.92 Å². The van der Waals surface area contributed by atoms with Crippen LogP contribution in [0.2, 0.25) is 0 Å². The van der Waals surface area contributed by atoms with Gasteiger partial charge in [-0.05, 0) is 25.8 Å². The highest BCUT2D eigenvalue weighted by molar-refractivity contribution is 5.97. The summed E-state index contributed by atoms with van der Waals surface area (Å²) in [7, 11) is 0. The van der Waals surface area contributed by atoms with Crippen molar-refractivity contribution < 1.29 is 19.4 Å². The van der Waals surface area contributed by atoms with E-state index in [9.17, 15) is 9.59 Å². The first-order chi connectivity index (χ1) is 9.63. The van der Waals surface area contributed by atoms with Crippen LogP contribution in [0.4, 0.5) is 0 Å². The van der Waals surface area contributed by atoms with Gasteiger partial charge in [0.05, 0.1) is 23.8 Å². The van der Waals surface area contributed by atoms with Gasteiger partial charge in [0.15, 0.2) is 0 Å². The molecule has 2 rings (SSSR count). The van der Waals surface area contributed by atoms with Gasteiger partial charge in [-0.3, -0.25) is 9.78 Å². The van der Waals surface area contributed by atoms with E-state index in [1.165, 1.54) is 18.5 Å². The second-order valence-corrected chi connectivity index (χ2v) is 4.72. The summed E-state index contributed by atoms with van der Waals surface area (Å²) < 4.78 is 5.39. The Bertz CT molecular complexity index is 504. The molecule has 108 valence electrons. The number of ether oxygens (including phenoxy) is 1. The van der Waals surface area contributed by atoms with Crippen LogP contribution in [0.25, 0.3) is 0 Å². The molecule has 20 heavy (non-hydrogen) atoms. The Hall–Kier alpha value is -1.95. The van der Waals surface area contributed by atoms with Crippen LogP contribution in [-0.2, 0) is 4.74 Å². The number of rotatable bonds is 5. The Morgan fingerprint density at radius 2 is 2.20 bits per heavy atom. The number of carbonyl (C=O) groups excluding carboxylic acids is 1. The molecule has 0 spiro atoms. The number of amides is 1. The van der Waals surface area contributed by atoms with Gasteiger partial charge >= 0.3 is 5.97 Å². The second kappa shape index (κ2) is 6.47. The van der Waals surface area contributed by atoms with E-state index in [0.717, 1.165) is 12.8 Å². The predicted molar refractivity (Wildman–Crippen MR) is 71.7 cm³/mol. The summed E-state index contributed by atoms with van der Waals surface area (Å²) >= 11 is 0. The maximum Gasteiger partial charge on any atom is 0.337 e. The first-order valence-electron chi connectivity index (χ1n) is 6.70. The number of carbonyl (C=O) groups is 2. The fourth-order valence-electron chi connectivity index (χ4n) is 2.37. The van der Waals surface area contributed by atoms with Crippen LogP contribution in [-0.4, -0.2) is 52.7 Å². The average Bonchev–Trinajstić information content (AvgIpc) is 2.92. The molecule has 0 saturated carbocycles. The number of hydrogen-bond donors (Lipinski definition) is 1. The van der Waals surface area contributed by atoms with Gasteiger partial charge in [0.1, 0.15) is 0 Å². The molecule has 1 aliphatic rings. The molecule has 1 unspecified atom stereocenters. The van der Waals surface area contributed by atoms with Gasteiger partial charge in [0.2, 0.25) is 0 Å². The van der Waals surface area contributed by atoms with Gasteiger partial charge < -0.3 is 14.7 Å². The van der Waals surface area contributed by atoms with E-state index in [0.29, 0.717) is 25.3 Å². The quantitative estimate of drug-likeness (QED) is 0.881. The Morgan fingerprint density at radius 3 is 2.90 bits per heavy atom. The molecular weight excluding hydrogens is 260 g/mol. The van der Waals surface area contributed by atoms with Gasteiger partial charge in [0, 0.05) is 25.5 Å². The number of nitrogens with zero attached hydrogens (tertiary/aromatic N) is 2. The zero-order valence-electron chi connectivity index (χ0n) is 11.4. The molecule has 1 amide bonds. The third-order valence-corrected chi connectivity index (χ3v) is 3.38. The molecular formula is C14H18N2O4. The standard InChI is InChI=1S/C14H18N2O4/c1-2-20-9-12-4-3-5-16(12)13(17)10-6-11(14(18)19)8-15-7-10/h6-8,12H,2-5,9H2,1H3,(H,18,19). The van der Waals surface area contributed by atoms with Gasteiger partial charge in [0.25, 0.3) is 5.91 Å². The average molecular weight is 278 g/mol. The molecule has 1 aliphatic heterocycles. The lowest BCUT2D eigenvalue weighted by molar-refractivity contribution is 0.0564. The van der Waals surface area contributed by atoms with Crippen molar-refractivity contribution in [2.24, 2.45) is 0 Å². The molecule has 0 aliphatic carbocycles. The molecule has 1 aromatic heterocycles. The number of hydrogen-bond acceptors (Lipinski definition) is 4. The third kappa shape index (κ3) is 3.14. The van der Waals surface area contributed by atoms with E-state index in [-0.39, 0.29) is 17.5 Å². The molecule has 0 aromatic carbocycles. The normalized spacial score (nSPS) is 18.2. The zero-order chi connectivity index (χ0) is 14.5. The lowest BCUT2D eigenvalue weighted by Gasteiger charge is -2.24. The minimum Gasteiger partial charge on any atom is -0.478 e. The van der Waals surface area contributed by atoms with E-state index >= 15 is 0 Å².